The molecule has 0 unspecified atom stereocenters. The fraction of sp³-hybridized carbons (Fsp3) is 0.391. The Morgan fingerprint density at radius 2 is 1.66 bits per heavy atom. The number of hydrogen-bond donors (Lipinski definition) is 2. The number of carbonyl (C=O) groups excluding carboxylic acids is 2. The van der Waals surface area contributed by atoms with E-state index in [2.05, 4.69) is 10.0 Å². The summed E-state index contributed by atoms with van der Waals surface area (Å²) in [6.07, 6.45) is 2.38. The number of nitrogens with zero attached hydrogens (tertiary/aromatic N) is 1. The number of benzene rings is 2. The Labute approximate surface area is 194 Å². The van der Waals surface area contributed by atoms with Gasteiger partial charge in [-0.05, 0) is 61.6 Å². The number of likely N-dealkylation sites (N-methyl/N-ethyl adjacent to an activating group) is 1. The lowest BCUT2D eigenvalue weighted by Crippen LogP contribution is -2.46. The summed E-state index contributed by atoms with van der Waals surface area (Å²) >= 11 is 5.94. The van der Waals surface area contributed by atoms with E-state index in [-0.39, 0.29) is 35.7 Å². The highest BCUT2D eigenvalue weighted by Gasteiger charge is 2.28. The summed E-state index contributed by atoms with van der Waals surface area (Å²) in [6.45, 7) is 1.98. The first-order chi connectivity index (χ1) is 15.2. The van der Waals surface area contributed by atoms with Gasteiger partial charge in [-0.3, -0.25) is 9.59 Å². The Hall–Kier alpha value is -2.42. The van der Waals surface area contributed by atoms with Crippen LogP contribution in [-0.4, -0.2) is 44.3 Å². The van der Waals surface area contributed by atoms with Gasteiger partial charge in [0.05, 0.1) is 4.90 Å². The van der Waals surface area contributed by atoms with Gasteiger partial charge in [0.25, 0.3) is 0 Å². The third-order valence-corrected chi connectivity index (χ3v) is 7.23. The van der Waals surface area contributed by atoms with Gasteiger partial charge in [0.15, 0.2) is 0 Å². The second-order valence-corrected chi connectivity index (χ2v) is 10.1. The van der Waals surface area contributed by atoms with Crippen LogP contribution in [-0.2, 0) is 32.6 Å². The smallest absolute Gasteiger partial charge is 0.242 e. The van der Waals surface area contributed by atoms with Gasteiger partial charge < -0.3 is 10.2 Å². The molecule has 1 saturated carbocycles. The van der Waals surface area contributed by atoms with Crippen molar-refractivity contribution >= 4 is 33.4 Å². The van der Waals surface area contributed by atoms with Crippen molar-refractivity contribution in [1.29, 1.82) is 0 Å². The summed E-state index contributed by atoms with van der Waals surface area (Å²) in [6, 6.07) is 13.1. The number of halogens is 1. The molecule has 0 heterocycles. The number of amides is 2. The highest BCUT2D eigenvalue weighted by molar-refractivity contribution is 7.89. The molecule has 2 aromatic carbocycles. The number of rotatable bonds is 10. The van der Waals surface area contributed by atoms with E-state index < -0.39 is 16.1 Å². The van der Waals surface area contributed by atoms with Crippen LogP contribution in [0.2, 0.25) is 5.02 Å². The predicted octanol–water partition coefficient (Wildman–Crippen LogP) is 2.88. The van der Waals surface area contributed by atoms with Gasteiger partial charge in [-0.15, -0.1) is 0 Å². The quantitative estimate of drug-likeness (QED) is 0.550. The first-order valence-corrected chi connectivity index (χ1v) is 12.4. The SMILES string of the molecule is CNC(=O)[C@H](C)N(Cc1ccc(Cl)cc1)C(=O)CCc1ccc(S(=O)(=O)NC2CC2)cc1. The molecule has 1 aliphatic rings. The monoisotopic (exact) mass is 477 g/mol. The molecule has 2 amide bonds. The molecule has 0 radical (unpaired) electrons. The van der Waals surface area contributed by atoms with Crippen molar-refractivity contribution in [2.75, 3.05) is 7.05 Å². The fourth-order valence-electron chi connectivity index (χ4n) is 3.30. The van der Waals surface area contributed by atoms with Crippen LogP contribution in [0.1, 0.15) is 37.3 Å². The van der Waals surface area contributed by atoms with Crippen LogP contribution in [0, 0.1) is 0 Å². The van der Waals surface area contributed by atoms with Gasteiger partial charge in [0, 0.05) is 31.1 Å². The second-order valence-electron chi connectivity index (χ2n) is 7.98. The molecule has 1 fully saturated rings. The third-order valence-electron chi connectivity index (χ3n) is 5.44. The predicted molar refractivity (Wildman–Crippen MR) is 124 cm³/mol. The lowest BCUT2D eigenvalue weighted by Gasteiger charge is -2.28. The van der Waals surface area contributed by atoms with Crippen molar-refractivity contribution in [3.05, 3.63) is 64.7 Å². The van der Waals surface area contributed by atoms with E-state index in [1.165, 1.54) is 7.05 Å². The summed E-state index contributed by atoms with van der Waals surface area (Å²) in [5, 5.41) is 3.19. The maximum absolute atomic E-state index is 13.0. The molecule has 0 aromatic heterocycles. The molecule has 9 heteroatoms. The number of nitrogens with one attached hydrogen (secondary N) is 2. The van der Waals surface area contributed by atoms with Crippen molar-refractivity contribution in [1.82, 2.24) is 14.9 Å². The molecule has 32 heavy (non-hydrogen) atoms. The molecule has 3 rings (SSSR count). The van der Waals surface area contributed by atoms with Crippen molar-refractivity contribution in [2.45, 2.75) is 56.1 Å². The van der Waals surface area contributed by atoms with Crippen LogP contribution in [0.4, 0.5) is 0 Å². The van der Waals surface area contributed by atoms with E-state index in [0.29, 0.717) is 11.4 Å². The lowest BCUT2D eigenvalue weighted by atomic mass is 10.1. The van der Waals surface area contributed by atoms with E-state index in [1.807, 2.05) is 12.1 Å². The number of sulfonamides is 1. The fourth-order valence-corrected chi connectivity index (χ4v) is 4.73. The van der Waals surface area contributed by atoms with Gasteiger partial charge in [0.2, 0.25) is 21.8 Å². The number of aryl methyl sites for hydroxylation is 1. The average Bonchev–Trinajstić information content (AvgIpc) is 3.59. The highest BCUT2D eigenvalue weighted by atomic mass is 35.5. The third kappa shape index (κ3) is 6.54. The minimum Gasteiger partial charge on any atom is -0.357 e. The lowest BCUT2D eigenvalue weighted by molar-refractivity contribution is -0.140. The van der Waals surface area contributed by atoms with Gasteiger partial charge >= 0.3 is 0 Å². The molecule has 0 saturated heterocycles. The molecular formula is C23H28ClN3O4S. The molecule has 2 N–H and O–H groups in total. The first kappa shape index (κ1) is 24.2. The van der Waals surface area contributed by atoms with Gasteiger partial charge in [-0.2, -0.15) is 0 Å². The summed E-state index contributed by atoms with van der Waals surface area (Å²) in [4.78, 5) is 27.0. The molecule has 2 aromatic rings. The molecule has 0 spiro atoms. The summed E-state index contributed by atoms with van der Waals surface area (Å²) in [7, 11) is -1.96. The normalized spacial score (nSPS) is 14.6. The first-order valence-electron chi connectivity index (χ1n) is 10.6. The van der Waals surface area contributed by atoms with Gasteiger partial charge in [-0.1, -0.05) is 35.9 Å². The van der Waals surface area contributed by atoms with Crippen LogP contribution in [0.5, 0.6) is 0 Å². The highest BCUT2D eigenvalue weighted by Crippen LogP contribution is 2.22. The van der Waals surface area contributed by atoms with Crippen LogP contribution < -0.4 is 10.0 Å². The topological polar surface area (TPSA) is 95.6 Å². The number of hydrogen-bond acceptors (Lipinski definition) is 4. The van der Waals surface area contributed by atoms with E-state index in [0.717, 1.165) is 24.0 Å². The molecular weight excluding hydrogens is 450 g/mol. The van der Waals surface area contributed by atoms with Crippen molar-refractivity contribution in [3.8, 4) is 0 Å². The summed E-state index contributed by atoms with van der Waals surface area (Å²) in [5.74, 6) is -0.409. The molecule has 172 valence electrons. The minimum absolute atomic E-state index is 0.0474. The van der Waals surface area contributed by atoms with Crippen molar-refractivity contribution in [3.63, 3.8) is 0 Å². The molecule has 0 aliphatic heterocycles. The minimum atomic E-state index is -3.50. The average molecular weight is 478 g/mol. The zero-order valence-electron chi connectivity index (χ0n) is 18.2. The Kier molecular flexibility index (Phi) is 7.92. The molecule has 7 nitrogen and oxygen atoms in total. The van der Waals surface area contributed by atoms with E-state index in [1.54, 1.807) is 48.2 Å². The summed E-state index contributed by atoms with van der Waals surface area (Å²) < 4.78 is 27.2. The Morgan fingerprint density at radius 3 is 2.22 bits per heavy atom. The van der Waals surface area contributed by atoms with Crippen LogP contribution >= 0.6 is 11.6 Å². The van der Waals surface area contributed by atoms with E-state index in [4.69, 9.17) is 11.6 Å². The van der Waals surface area contributed by atoms with E-state index >= 15 is 0 Å². The maximum atomic E-state index is 13.0. The maximum Gasteiger partial charge on any atom is 0.242 e. The molecule has 1 aliphatic carbocycles. The van der Waals surface area contributed by atoms with Crippen molar-refractivity contribution < 1.29 is 18.0 Å². The Morgan fingerprint density at radius 1 is 1.06 bits per heavy atom. The zero-order valence-corrected chi connectivity index (χ0v) is 19.7. The van der Waals surface area contributed by atoms with Gasteiger partial charge in [0.1, 0.15) is 6.04 Å². The largest absolute Gasteiger partial charge is 0.357 e. The van der Waals surface area contributed by atoms with Crippen molar-refractivity contribution in [2.24, 2.45) is 0 Å². The number of carbonyl (C=O) groups is 2. The van der Waals surface area contributed by atoms with E-state index in [9.17, 15) is 18.0 Å². The zero-order chi connectivity index (χ0) is 23.3. The Balaban J connectivity index is 1.65. The summed E-state index contributed by atoms with van der Waals surface area (Å²) in [5.41, 5.74) is 1.72. The Bertz CT molecular complexity index is 1050. The standard InChI is InChI=1S/C23H28ClN3O4S/c1-16(23(29)25-2)27(15-18-3-8-19(24)9-4-18)22(28)14-7-17-5-12-21(13-6-17)32(30,31)26-20-10-11-20/h3-6,8-9,12-13,16,20,26H,7,10-11,14-15H2,1-2H3,(H,25,29)/t16-/m0/s1. The molecule has 1 atom stereocenters. The van der Waals surface area contributed by atoms with Crippen LogP contribution in [0.25, 0.3) is 0 Å². The second kappa shape index (κ2) is 10.5. The van der Waals surface area contributed by atoms with Gasteiger partial charge in [-0.25, -0.2) is 13.1 Å². The van der Waals surface area contributed by atoms with Crippen LogP contribution in [0.3, 0.4) is 0 Å². The van der Waals surface area contributed by atoms with Crippen LogP contribution in [0.15, 0.2) is 53.4 Å². The molecule has 0 bridgehead atoms.